The third-order valence-electron chi connectivity index (χ3n) is 10.7. The molecule has 2 aromatic carbocycles. The number of H-pyrrole nitrogens is 2. The summed E-state index contributed by atoms with van der Waals surface area (Å²) in [5, 5.41) is 17.1. The topological polar surface area (TPSA) is 178 Å². The Balaban J connectivity index is 1.11. The highest BCUT2D eigenvalue weighted by Gasteiger charge is 2.37. The zero-order valence-electron chi connectivity index (χ0n) is 35.4. The number of aliphatic hydroxyl groups is 1. The Hall–Kier alpha value is -4.89. The second-order valence-corrected chi connectivity index (χ2v) is 18.1. The molecule has 2 saturated heterocycles. The van der Waals surface area contributed by atoms with E-state index in [9.17, 15) is 19.5 Å². The van der Waals surface area contributed by atoms with Crippen LogP contribution in [0.25, 0.3) is 33.6 Å². The monoisotopic (exact) mass is 796 g/mol. The number of nitrogens with zero attached hydrogens (tertiary/aromatic N) is 4. The molecule has 4 heterocycles. The molecule has 0 radical (unpaired) electrons. The summed E-state index contributed by atoms with van der Waals surface area (Å²) in [6.45, 7) is 21.3. The molecule has 312 valence electrons. The first-order valence-corrected chi connectivity index (χ1v) is 20.2. The number of carbonyl (C=O) groups excluding carboxylic acids is 3. The van der Waals surface area contributed by atoms with Gasteiger partial charge < -0.3 is 39.7 Å². The number of benzene rings is 2. The molecule has 7 unspecified atom stereocenters. The molecule has 0 spiro atoms. The molecule has 3 amide bonds. The van der Waals surface area contributed by atoms with Crippen LogP contribution in [-0.2, 0) is 23.9 Å². The van der Waals surface area contributed by atoms with Gasteiger partial charge in [-0.2, -0.15) is 0 Å². The average Bonchev–Trinajstić information content (AvgIpc) is 3.85. The van der Waals surface area contributed by atoms with E-state index >= 15 is 0 Å². The van der Waals surface area contributed by atoms with Gasteiger partial charge in [0.1, 0.15) is 11.6 Å². The lowest BCUT2D eigenvalue weighted by atomic mass is 9.86. The van der Waals surface area contributed by atoms with Crippen molar-refractivity contribution in [3.63, 3.8) is 0 Å². The molecule has 6 rings (SSSR count). The largest absolute Gasteiger partial charge is 0.372 e. The van der Waals surface area contributed by atoms with E-state index in [1.807, 2.05) is 93.5 Å². The van der Waals surface area contributed by atoms with Crippen LogP contribution in [0.3, 0.4) is 0 Å². The SMILES string of the molecule is CC1CN(C(=O)C(=O)NC(c2ncc(-c3ccc(-c4ccc(-c5cnc(C(NC(O)C(=O)N6CC(C)OC(C)C6)C(C)(C)C)[nH]5)cc4)cc3)[nH]2)C(C)(C)C)CC(C)O1. The van der Waals surface area contributed by atoms with Crippen molar-refractivity contribution in [3.05, 3.63) is 72.6 Å². The van der Waals surface area contributed by atoms with Crippen LogP contribution in [0.15, 0.2) is 60.9 Å². The van der Waals surface area contributed by atoms with Crippen LogP contribution in [0.1, 0.15) is 93.0 Å². The highest BCUT2D eigenvalue weighted by molar-refractivity contribution is 6.35. The number of aliphatic hydroxyl groups excluding tert-OH is 1. The molecule has 4 aromatic rings. The van der Waals surface area contributed by atoms with E-state index in [1.54, 1.807) is 22.2 Å². The van der Waals surface area contributed by atoms with Gasteiger partial charge in [0.15, 0.2) is 6.23 Å². The van der Waals surface area contributed by atoms with E-state index in [0.29, 0.717) is 37.8 Å². The second kappa shape index (κ2) is 17.1. The molecule has 2 aliphatic heterocycles. The van der Waals surface area contributed by atoms with E-state index in [1.165, 1.54) is 0 Å². The average molecular weight is 797 g/mol. The van der Waals surface area contributed by atoms with Crippen molar-refractivity contribution in [2.24, 2.45) is 10.8 Å². The van der Waals surface area contributed by atoms with Crippen molar-refractivity contribution in [1.82, 2.24) is 40.4 Å². The molecule has 2 fully saturated rings. The molecule has 14 nitrogen and oxygen atoms in total. The van der Waals surface area contributed by atoms with Gasteiger partial charge in [-0.3, -0.25) is 19.7 Å². The number of ether oxygens (including phenoxy) is 2. The molecule has 14 heteroatoms. The van der Waals surface area contributed by atoms with Crippen LogP contribution in [0.2, 0.25) is 0 Å². The number of morpholine rings is 2. The summed E-state index contributed by atoms with van der Waals surface area (Å²) in [7, 11) is 0. The Kier molecular flexibility index (Phi) is 12.6. The second-order valence-electron chi connectivity index (χ2n) is 18.1. The van der Waals surface area contributed by atoms with Crippen molar-refractivity contribution in [2.75, 3.05) is 26.2 Å². The van der Waals surface area contributed by atoms with Crippen molar-refractivity contribution in [3.8, 4) is 33.6 Å². The van der Waals surface area contributed by atoms with Gasteiger partial charge in [-0.1, -0.05) is 90.1 Å². The van der Waals surface area contributed by atoms with Crippen molar-refractivity contribution in [1.29, 1.82) is 0 Å². The van der Waals surface area contributed by atoms with Gasteiger partial charge >= 0.3 is 11.8 Å². The highest BCUT2D eigenvalue weighted by Crippen LogP contribution is 2.35. The van der Waals surface area contributed by atoms with E-state index in [4.69, 9.17) is 9.47 Å². The number of carbonyl (C=O) groups is 3. The Morgan fingerprint density at radius 2 is 1.03 bits per heavy atom. The summed E-state index contributed by atoms with van der Waals surface area (Å²) in [5.41, 5.74) is 4.75. The van der Waals surface area contributed by atoms with Crippen LogP contribution >= 0.6 is 0 Å². The fourth-order valence-corrected chi connectivity index (χ4v) is 7.82. The maximum Gasteiger partial charge on any atom is 0.312 e. The van der Waals surface area contributed by atoms with Gasteiger partial charge in [0.25, 0.3) is 5.91 Å². The molecule has 58 heavy (non-hydrogen) atoms. The molecular weight excluding hydrogens is 737 g/mol. The summed E-state index contributed by atoms with van der Waals surface area (Å²) >= 11 is 0. The Labute approximate surface area is 341 Å². The number of imidazole rings is 2. The van der Waals surface area contributed by atoms with Gasteiger partial charge in [-0.25, -0.2) is 9.97 Å². The minimum atomic E-state index is -1.39. The van der Waals surface area contributed by atoms with E-state index in [0.717, 1.165) is 33.6 Å². The molecular formula is C44H60N8O6. The van der Waals surface area contributed by atoms with Gasteiger partial charge in [0.2, 0.25) is 0 Å². The molecule has 2 aliphatic rings. The van der Waals surface area contributed by atoms with E-state index in [-0.39, 0.29) is 35.7 Å². The lowest BCUT2D eigenvalue weighted by Gasteiger charge is -2.38. The summed E-state index contributed by atoms with van der Waals surface area (Å²) in [6, 6.07) is 15.4. The van der Waals surface area contributed by atoms with Gasteiger partial charge in [-0.15, -0.1) is 0 Å². The number of hydrogen-bond donors (Lipinski definition) is 5. The highest BCUT2D eigenvalue weighted by atomic mass is 16.5. The normalized spacial score (nSPS) is 22.0. The van der Waals surface area contributed by atoms with Crippen LogP contribution in [-0.4, -0.2) is 109 Å². The maximum absolute atomic E-state index is 13.2. The van der Waals surface area contributed by atoms with Crippen LogP contribution < -0.4 is 10.6 Å². The van der Waals surface area contributed by atoms with Crippen molar-refractivity contribution >= 4 is 17.7 Å². The lowest BCUT2D eigenvalue weighted by molar-refractivity contribution is -0.154. The summed E-state index contributed by atoms with van der Waals surface area (Å²) < 4.78 is 11.5. The van der Waals surface area contributed by atoms with Crippen molar-refractivity contribution < 1.29 is 29.0 Å². The fraction of sp³-hybridized carbons (Fsp3) is 0.523. The van der Waals surface area contributed by atoms with Crippen molar-refractivity contribution in [2.45, 2.75) is 112 Å². The summed E-state index contributed by atoms with van der Waals surface area (Å²) in [5.74, 6) is -0.408. The van der Waals surface area contributed by atoms with E-state index in [2.05, 4.69) is 54.8 Å². The Bertz CT molecular complexity index is 2030. The van der Waals surface area contributed by atoms with Gasteiger partial charge in [0, 0.05) is 26.2 Å². The zero-order valence-corrected chi connectivity index (χ0v) is 35.4. The predicted octanol–water partition coefficient (Wildman–Crippen LogP) is 5.60. The number of aromatic amines is 2. The standard InChI is InChI=1S/C44H60N8O6/c1-25-21-51(22-26(2)57-25)41(55)39(53)49-35(43(5,6)7)37-45-19-33(47-37)31-15-11-29(12-16-31)30-13-17-32(18-14-30)34-20-46-38(48-34)36(44(8,9)10)50-40(54)42(56)52-23-27(3)58-28(4)24-52/h11-20,25-28,35-36,39,49,53H,21-24H2,1-10H3,(H,45,47)(H,46,48)(H,50,54). The molecule has 0 aliphatic carbocycles. The quantitative estimate of drug-likeness (QED) is 0.107. The number of amides is 3. The Morgan fingerprint density at radius 3 is 1.45 bits per heavy atom. The fourth-order valence-electron chi connectivity index (χ4n) is 7.82. The maximum atomic E-state index is 13.2. The summed E-state index contributed by atoms with van der Waals surface area (Å²) in [4.78, 5) is 58.9. The smallest absolute Gasteiger partial charge is 0.312 e. The summed E-state index contributed by atoms with van der Waals surface area (Å²) in [6.07, 6.45) is 1.65. The number of nitrogens with one attached hydrogen (secondary N) is 4. The third kappa shape index (κ3) is 10.0. The number of hydrogen-bond acceptors (Lipinski definition) is 9. The molecule has 5 N–H and O–H groups in total. The minimum Gasteiger partial charge on any atom is -0.372 e. The van der Waals surface area contributed by atoms with Crippen LogP contribution in [0.5, 0.6) is 0 Å². The minimum absolute atomic E-state index is 0.0996. The zero-order chi connectivity index (χ0) is 42.1. The first-order chi connectivity index (χ1) is 27.3. The van der Waals surface area contributed by atoms with Crippen LogP contribution in [0.4, 0.5) is 0 Å². The number of rotatable bonds is 9. The Morgan fingerprint density at radius 1 is 0.655 bits per heavy atom. The van der Waals surface area contributed by atoms with Gasteiger partial charge in [-0.05, 0) is 60.8 Å². The lowest BCUT2D eigenvalue weighted by Crippen LogP contribution is -2.55. The van der Waals surface area contributed by atoms with Crippen LogP contribution in [0, 0.1) is 10.8 Å². The molecule has 0 bridgehead atoms. The molecule has 7 atom stereocenters. The molecule has 0 saturated carbocycles. The first-order valence-electron chi connectivity index (χ1n) is 20.2. The van der Waals surface area contributed by atoms with Gasteiger partial charge in [0.05, 0.1) is 60.3 Å². The number of aromatic nitrogens is 4. The third-order valence-corrected chi connectivity index (χ3v) is 10.7. The van der Waals surface area contributed by atoms with E-state index < -0.39 is 35.5 Å². The molecule has 2 aromatic heterocycles. The first kappa shape index (κ1) is 42.7. The predicted molar refractivity (Wildman–Crippen MR) is 222 cm³/mol.